The fraction of sp³-hybridized carbons (Fsp3) is 0.500. The summed E-state index contributed by atoms with van der Waals surface area (Å²) in [5.41, 5.74) is -4.67. The van der Waals surface area contributed by atoms with Crippen LogP contribution in [0.5, 0.6) is 0 Å². The minimum absolute atomic E-state index is 0.373. The summed E-state index contributed by atoms with van der Waals surface area (Å²) in [7, 11) is 0. The molecule has 0 spiro atoms. The van der Waals surface area contributed by atoms with Crippen LogP contribution in [0.4, 0.5) is 40.8 Å². The number of carbonyl (C=O) groups is 1. The third-order valence-electron chi connectivity index (χ3n) is 4.19. The number of hydrogen-bond acceptors (Lipinski definition) is 3. The van der Waals surface area contributed by atoms with Crippen LogP contribution in [0, 0.1) is 29.1 Å². The van der Waals surface area contributed by atoms with E-state index in [1.807, 2.05) is 0 Å². The lowest BCUT2D eigenvalue weighted by Gasteiger charge is -2.28. The van der Waals surface area contributed by atoms with Crippen LogP contribution in [-0.2, 0) is 4.79 Å². The summed E-state index contributed by atoms with van der Waals surface area (Å²) in [5.74, 6) is -12.8. The number of aliphatic hydroxyl groups is 1. The molecule has 1 aromatic rings. The molecule has 1 aromatic carbocycles. The van der Waals surface area contributed by atoms with Crippen LogP contribution in [0.1, 0.15) is 13.3 Å². The van der Waals surface area contributed by atoms with Crippen LogP contribution in [0.25, 0.3) is 0 Å². The van der Waals surface area contributed by atoms with Gasteiger partial charge in [0, 0.05) is 13.1 Å². The van der Waals surface area contributed by atoms with Gasteiger partial charge in [0.05, 0.1) is 6.04 Å². The summed E-state index contributed by atoms with van der Waals surface area (Å²) < 4.78 is 105. The van der Waals surface area contributed by atoms with Gasteiger partial charge in [0.25, 0.3) is 0 Å². The normalized spacial score (nSPS) is 22.5. The molecule has 1 aliphatic rings. The molecule has 2 N–H and O–H groups in total. The average molecular weight is 392 g/mol. The molecular weight excluding hydrogens is 380 g/mol. The van der Waals surface area contributed by atoms with E-state index in [-0.39, 0.29) is 6.54 Å². The molecule has 4 nitrogen and oxygen atoms in total. The highest BCUT2D eigenvalue weighted by Gasteiger charge is 2.57. The Labute approximate surface area is 141 Å². The minimum Gasteiger partial charge on any atom is -0.379 e. The second kappa shape index (κ2) is 6.65. The summed E-state index contributed by atoms with van der Waals surface area (Å²) in [4.78, 5) is 12.9. The predicted octanol–water partition coefficient (Wildman–Crippen LogP) is 2.71. The van der Waals surface area contributed by atoms with Gasteiger partial charge in [0.1, 0.15) is 5.69 Å². The van der Waals surface area contributed by atoms with E-state index in [1.165, 1.54) is 5.32 Å². The van der Waals surface area contributed by atoms with E-state index in [0.717, 1.165) is 11.8 Å². The van der Waals surface area contributed by atoms with Gasteiger partial charge in [-0.25, -0.2) is 22.0 Å². The molecule has 0 bridgehead atoms. The lowest BCUT2D eigenvalue weighted by atomic mass is 10.0. The van der Waals surface area contributed by atoms with Crippen molar-refractivity contribution < 1.29 is 45.0 Å². The Morgan fingerprint density at radius 1 is 1.08 bits per heavy atom. The molecule has 146 valence electrons. The van der Waals surface area contributed by atoms with Gasteiger partial charge in [-0.1, -0.05) is 0 Å². The fourth-order valence-electron chi connectivity index (χ4n) is 2.49. The van der Waals surface area contributed by atoms with E-state index in [0.29, 0.717) is 0 Å². The van der Waals surface area contributed by atoms with Gasteiger partial charge in [0.2, 0.25) is 11.7 Å². The molecule has 1 heterocycles. The van der Waals surface area contributed by atoms with Gasteiger partial charge in [-0.05, 0) is 13.3 Å². The first kappa shape index (κ1) is 20.4. The fourth-order valence-corrected chi connectivity index (χ4v) is 2.49. The van der Waals surface area contributed by atoms with Crippen molar-refractivity contribution in [3.63, 3.8) is 0 Å². The Balaban J connectivity index is 2.19. The highest BCUT2D eigenvalue weighted by Crippen LogP contribution is 2.38. The zero-order valence-corrected chi connectivity index (χ0v) is 13.0. The summed E-state index contributed by atoms with van der Waals surface area (Å²) in [6, 6.07) is -1.44. The first-order valence-corrected chi connectivity index (χ1v) is 7.15. The van der Waals surface area contributed by atoms with Crippen LogP contribution >= 0.6 is 0 Å². The van der Waals surface area contributed by atoms with E-state index in [1.54, 1.807) is 0 Å². The third kappa shape index (κ3) is 3.34. The zero-order valence-electron chi connectivity index (χ0n) is 13.0. The molecule has 12 heteroatoms. The van der Waals surface area contributed by atoms with Crippen molar-refractivity contribution in [3.05, 3.63) is 29.1 Å². The lowest BCUT2D eigenvalue weighted by Crippen LogP contribution is -2.49. The standard InChI is InChI=1S/C14H12F8N2O2/c1-5(24-3-2-13(26,4-24)14(20,21)22)12(25)23-11-9(18)7(16)6(15)8(17)10(11)19/h5,26H,2-4H2,1H3,(H,23,25)/t5-,13+/m1/s1. The van der Waals surface area contributed by atoms with Crippen molar-refractivity contribution in [3.8, 4) is 0 Å². The number of nitrogens with zero attached hydrogens (tertiary/aromatic N) is 1. The number of nitrogens with one attached hydrogen (secondary N) is 1. The molecule has 0 unspecified atom stereocenters. The Morgan fingerprint density at radius 2 is 1.54 bits per heavy atom. The minimum atomic E-state index is -4.96. The molecule has 2 atom stereocenters. The average Bonchev–Trinajstić information content (AvgIpc) is 2.97. The lowest BCUT2D eigenvalue weighted by molar-refractivity contribution is -0.254. The van der Waals surface area contributed by atoms with Gasteiger partial charge in [-0.2, -0.15) is 13.2 Å². The second-order valence-electron chi connectivity index (χ2n) is 5.86. The molecule has 26 heavy (non-hydrogen) atoms. The predicted molar refractivity (Wildman–Crippen MR) is 71.5 cm³/mol. The monoisotopic (exact) mass is 392 g/mol. The smallest absolute Gasteiger partial charge is 0.379 e. The number of benzene rings is 1. The number of halogens is 8. The van der Waals surface area contributed by atoms with E-state index >= 15 is 0 Å². The number of β-amino-alcohol motifs (C(OH)–C–C–N with tert-alkyl or cyclic N) is 1. The maximum atomic E-state index is 13.5. The van der Waals surface area contributed by atoms with Crippen LogP contribution in [0.15, 0.2) is 0 Å². The Bertz CT molecular complexity index is 710. The molecule has 1 fully saturated rings. The van der Waals surface area contributed by atoms with Gasteiger partial charge in [-0.15, -0.1) is 0 Å². The van der Waals surface area contributed by atoms with Gasteiger partial charge in [0.15, 0.2) is 28.9 Å². The van der Waals surface area contributed by atoms with E-state index in [2.05, 4.69) is 0 Å². The quantitative estimate of drug-likeness (QED) is 0.473. The Morgan fingerprint density at radius 3 is 1.96 bits per heavy atom. The highest BCUT2D eigenvalue weighted by molar-refractivity contribution is 5.94. The topological polar surface area (TPSA) is 52.6 Å². The number of carbonyl (C=O) groups excluding carboxylic acids is 1. The second-order valence-corrected chi connectivity index (χ2v) is 5.86. The molecule has 1 saturated heterocycles. The Hall–Kier alpha value is -1.95. The first-order valence-electron chi connectivity index (χ1n) is 7.15. The van der Waals surface area contributed by atoms with Crippen LogP contribution < -0.4 is 5.32 Å². The zero-order chi connectivity index (χ0) is 20.0. The van der Waals surface area contributed by atoms with Crippen molar-refractivity contribution in [2.24, 2.45) is 0 Å². The molecule has 0 radical (unpaired) electrons. The number of amides is 1. The molecule has 2 rings (SSSR count). The first-order chi connectivity index (χ1) is 11.8. The summed E-state index contributed by atoms with van der Waals surface area (Å²) >= 11 is 0. The van der Waals surface area contributed by atoms with E-state index in [9.17, 15) is 45.0 Å². The van der Waals surface area contributed by atoms with Crippen molar-refractivity contribution in [1.29, 1.82) is 0 Å². The van der Waals surface area contributed by atoms with Crippen molar-refractivity contribution in [2.45, 2.75) is 31.2 Å². The molecule has 0 aromatic heterocycles. The summed E-state index contributed by atoms with van der Waals surface area (Å²) in [5, 5.41) is 11.0. The number of alkyl halides is 3. The van der Waals surface area contributed by atoms with Crippen LogP contribution in [0.3, 0.4) is 0 Å². The van der Waals surface area contributed by atoms with Crippen molar-refractivity contribution in [2.75, 3.05) is 18.4 Å². The number of anilines is 1. The van der Waals surface area contributed by atoms with E-state index in [4.69, 9.17) is 0 Å². The van der Waals surface area contributed by atoms with Crippen LogP contribution in [0.2, 0.25) is 0 Å². The number of likely N-dealkylation sites (tertiary alicyclic amines) is 1. The largest absolute Gasteiger partial charge is 0.418 e. The highest BCUT2D eigenvalue weighted by atomic mass is 19.4. The van der Waals surface area contributed by atoms with Crippen molar-refractivity contribution >= 4 is 11.6 Å². The van der Waals surface area contributed by atoms with Crippen molar-refractivity contribution in [1.82, 2.24) is 4.90 Å². The third-order valence-corrected chi connectivity index (χ3v) is 4.19. The van der Waals surface area contributed by atoms with Gasteiger partial charge < -0.3 is 10.4 Å². The number of hydrogen-bond donors (Lipinski definition) is 2. The van der Waals surface area contributed by atoms with Gasteiger partial charge >= 0.3 is 6.18 Å². The molecule has 0 aliphatic carbocycles. The molecule has 0 saturated carbocycles. The van der Waals surface area contributed by atoms with Crippen LogP contribution in [-0.4, -0.2) is 46.8 Å². The SMILES string of the molecule is C[C@H](C(=O)Nc1c(F)c(F)c(F)c(F)c1F)N1CC[C@@](O)(C(F)(F)F)C1. The summed E-state index contributed by atoms with van der Waals surface area (Å²) in [6.45, 7) is -0.298. The maximum Gasteiger partial charge on any atom is 0.418 e. The summed E-state index contributed by atoms with van der Waals surface area (Å²) in [6.07, 6.45) is -5.70. The maximum absolute atomic E-state index is 13.5. The molecule has 1 amide bonds. The Kier molecular flexibility index (Phi) is 5.21. The van der Waals surface area contributed by atoms with Gasteiger partial charge in [-0.3, -0.25) is 9.69 Å². The molecular formula is C14H12F8N2O2. The number of rotatable bonds is 3. The van der Waals surface area contributed by atoms with E-state index < -0.39 is 71.5 Å². The molecule has 1 aliphatic heterocycles.